The average molecular weight is 288 g/mol. The van der Waals surface area contributed by atoms with Crippen molar-refractivity contribution >= 4 is 0 Å². The van der Waals surface area contributed by atoms with Crippen molar-refractivity contribution in [2.45, 2.75) is 38.0 Å². The van der Waals surface area contributed by atoms with E-state index in [2.05, 4.69) is 15.3 Å². The zero-order chi connectivity index (χ0) is 14.2. The van der Waals surface area contributed by atoms with Gasteiger partial charge in [-0.15, -0.1) is 0 Å². The van der Waals surface area contributed by atoms with E-state index in [9.17, 15) is 13.2 Å². The fourth-order valence-electron chi connectivity index (χ4n) is 3.16. The molecule has 1 saturated heterocycles. The Labute approximate surface area is 115 Å². The SMILES string of the molecule is FC(F)(F)C1CCCN(CC2Cc3nc[nH]c3CN2)C1. The molecule has 2 aliphatic rings. The highest BCUT2D eigenvalue weighted by molar-refractivity contribution is 5.16. The molecule has 3 rings (SSSR count). The van der Waals surface area contributed by atoms with Crippen molar-refractivity contribution in [3.05, 3.63) is 17.7 Å². The summed E-state index contributed by atoms with van der Waals surface area (Å²) in [5.74, 6) is -1.17. The molecule has 0 spiro atoms. The first-order chi connectivity index (χ1) is 9.52. The van der Waals surface area contributed by atoms with Crippen LogP contribution in [-0.2, 0) is 13.0 Å². The molecule has 112 valence electrons. The molecule has 1 aromatic heterocycles. The van der Waals surface area contributed by atoms with Crippen LogP contribution >= 0.6 is 0 Å². The van der Waals surface area contributed by atoms with Crippen molar-refractivity contribution in [2.75, 3.05) is 19.6 Å². The standard InChI is InChI=1S/C13H19F3N4/c14-13(15,16)9-2-1-3-20(6-9)7-10-4-11-12(5-17-10)19-8-18-11/h8-10,17H,1-7H2,(H,18,19). The molecule has 1 aromatic rings. The highest BCUT2D eigenvalue weighted by atomic mass is 19.4. The summed E-state index contributed by atoms with van der Waals surface area (Å²) >= 11 is 0. The minimum atomic E-state index is -4.06. The first kappa shape index (κ1) is 13.9. The predicted molar refractivity (Wildman–Crippen MR) is 68.1 cm³/mol. The third-order valence-electron chi connectivity index (χ3n) is 4.26. The zero-order valence-corrected chi connectivity index (χ0v) is 11.2. The number of likely N-dealkylation sites (tertiary alicyclic amines) is 1. The van der Waals surface area contributed by atoms with Crippen LogP contribution < -0.4 is 5.32 Å². The largest absolute Gasteiger partial charge is 0.393 e. The molecule has 3 heterocycles. The first-order valence-electron chi connectivity index (χ1n) is 7.06. The third-order valence-corrected chi connectivity index (χ3v) is 4.26. The van der Waals surface area contributed by atoms with Gasteiger partial charge in [0.1, 0.15) is 0 Å². The highest BCUT2D eigenvalue weighted by Crippen LogP contribution is 2.33. The van der Waals surface area contributed by atoms with Gasteiger partial charge in [-0.3, -0.25) is 0 Å². The summed E-state index contributed by atoms with van der Waals surface area (Å²) in [7, 11) is 0. The molecule has 0 aliphatic carbocycles. The van der Waals surface area contributed by atoms with Gasteiger partial charge in [0.25, 0.3) is 0 Å². The number of nitrogens with zero attached hydrogens (tertiary/aromatic N) is 2. The number of piperidine rings is 1. The Morgan fingerprint density at radius 2 is 2.25 bits per heavy atom. The molecule has 0 radical (unpaired) electrons. The molecule has 0 amide bonds. The zero-order valence-electron chi connectivity index (χ0n) is 11.2. The lowest BCUT2D eigenvalue weighted by Gasteiger charge is -2.36. The summed E-state index contributed by atoms with van der Waals surface area (Å²) in [5, 5.41) is 3.37. The second-order valence-corrected chi connectivity index (χ2v) is 5.75. The molecular weight excluding hydrogens is 269 g/mol. The van der Waals surface area contributed by atoms with Crippen LogP contribution in [0.4, 0.5) is 13.2 Å². The quantitative estimate of drug-likeness (QED) is 0.870. The molecule has 2 N–H and O–H groups in total. The van der Waals surface area contributed by atoms with Gasteiger partial charge in [-0.1, -0.05) is 0 Å². The summed E-state index contributed by atoms with van der Waals surface area (Å²) in [4.78, 5) is 9.27. The lowest BCUT2D eigenvalue weighted by atomic mass is 9.96. The molecule has 4 nitrogen and oxygen atoms in total. The molecule has 0 bridgehead atoms. The molecule has 7 heteroatoms. The minimum Gasteiger partial charge on any atom is -0.347 e. The van der Waals surface area contributed by atoms with Crippen molar-refractivity contribution in [1.29, 1.82) is 0 Å². The van der Waals surface area contributed by atoms with E-state index in [1.54, 1.807) is 6.33 Å². The van der Waals surface area contributed by atoms with Crippen LogP contribution in [0, 0.1) is 5.92 Å². The smallest absolute Gasteiger partial charge is 0.347 e. The maximum atomic E-state index is 12.8. The molecular formula is C13H19F3N4. The summed E-state index contributed by atoms with van der Waals surface area (Å²) in [5.41, 5.74) is 2.13. The number of hydrogen-bond acceptors (Lipinski definition) is 3. The van der Waals surface area contributed by atoms with Gasteiger partial charge < -0.3 is 15.2 Å². The van der Waals surface area contributed by atoms with E-state index in [4.69, 9.17) is 0 Å². The van der Waals surface area contributed by atoms with Gasteiger partial charge in [0.15, 0.2) is 0 Å². The maximum Gasteiger partial charge on any atom is 0.393 e. The minimum absolute atomic E-state index is 0.134. The summed E-state index contributed by atoms with van der Waals surface area (Å²) < 4.78 is 38.4. The van der Waals surface area contributed by atoms with E-state index in [0.29, 0.717) is 13.0 Å². The Hall–Kier alpha value is -1.08. The Balaban J connectivity index is 1.56. The second-order valence-electron chi connectivity index (χ2n) is 5.75. The molecule has 20 heavy (non-hydrogen) atoms. The number of rotatable bonds is 2. The average Bonchev–Trinajstić information content (AvgIpc) is 2.85. The number of H-pyrrole nitrogens is 1. The fourth-order valence-corrected chi connectivity index (χ4v) is 3.16. The van der Waals surface area contributed by atoms with Crippen LogP contribution in [0.25, 0.3) is 0 Å². The van der Waals surface area contributed by atoms with E-state index >= 15 is 0 Å². The van der Waals surface area contributed by atoms with Crippen molar-refractivity contribution in [1.82, 2.24) is 20.2 Å². The van der Waals surface area contributed by atoms with E-state index in [1.165, 1.54) is 0 Å². The van der Waals surface area contributed by atoms with Gasteiger partial charge in [0, 0.05) is 32.1 Å². The predicted octanol–water partition coefficient (Wildman–Crippen LogP) is 1.70. The fraction of sp³-hybridized carbons (Fsp3) is 0.769. The summed E-state index contributed by atoms with van der Waals surface area (Å²) in [6.07, 6.45) is -0.707. The summed E-state index contributed by atoms with van der Waals surface area (Å²) in [6.45, 7) is 2.28. The molecule has 2 unspecified atom stereocenters. The normalized spacial score (nSPS) is 28.4. The Morgan fingerprint density at radius 1 is 1.40 bits per heavy atom. The Bertz CT molecular complexity index is 457. The van der Waals surface area contributed by atoms with Gasteiger partial charge in [-0.25, -0.2) is 4.98 Å². The summed E-state index contributed by atoms with van der Waals surface area (Å²) in [6, 6.07) is 0.192. The van der Waals surface area contributed by atoms with Gasteiger partial charge in [0.05, 0.1) is 23.6 Å². The van der Waals surface area contributed by atoms with Gasteiger partial charge in [-0.05, 0) is 19.4 Å². The highest BCUT2D eigenvalue weighted by Gasteiger charge is 2.42. The van der Waals surface area contributed by atoms with Crippen molar-refractivity contribution in [3.63, 3.8) is 0 Å². The number of aromatic nitrogens is 2. The van der Waals surface area contributed by atoms with Crippen LogP contribution in [0.2, 0.25) is 0 Å². The molecule has 0 saturated carbocycles. The Morgan fingerprint density at radius 3 is 3.05 bits per heavy atom. The third kappa shape index (κ3) is 2.98. The van der Waals surface area contributed by atoms with Crippen LogP contribution in [0.15, 0.2) is 6.33 Å². The lowest BCUT2D eigenvalue weighted by Crippen LogP contribution is -2.49. The lowest BCUT2D eigenvalue weighted by molar-refractivity contribution is -0.186. The van der Waals surface area contributed by atoms with Gasteiger partial charge >= 0.3 is 6.18 Å². The number of halogens is 3. The molecule has 0 aromatic carbocycles. The molecule has 2 aliphatic heterocycles. The number of fused-ring (bicyclic) bond motifs is 1. The number of aromatic amines is 1. The van der Waals surface area contributed by atoms with E-state index < -0.39 is 12.1 Å². The monoisotopic (exact) mass is 288 g/mol. The second kappa shape index (κ2) is 5.37. The number of imidazole rings is 1. The van der Waals surface area contributed by atoms with Crippen LogP contribution in [0.5, 0.6) is 0 Å². The van der Waals surface area contributed by atoms with Gasteiger partial charge in [-0.2, -0.15) is 13.2 Å². The van der Waals surface area contributed by atoms with Crippen LogP contribution in [0.1, 0.15) is 24.2 Å². The topological polar surface area (TPSA) is 44.0 Å². The van der Waals surface area contributed by atoms with Crippen molar-refractivity contribution in [2.24, 2.45) is 5.92 Å². The van der Waals surface area contributed by atoms with E-state index in [0.717, 1.165) is 30.9 Å². The van der Waals surface area contributed by atoms with Crippen LogP contribution in [-0.4, -0.2) is 46.7 Å². The van der Waals surface area contributed by atoms with Crippen molar-refractivity contribution in [3.8, 4) is 0 Å². The van der Waals surface area contributed by atoms with E-state index in [1.807, 2.05) is 4.90 Å². The number of nitrogens with one attached hydrogen (secondary N) is 2. The van der Waals surface area contributed by atoms with Gasteiger partial charge in [0.2, 0.25) is 0 Å². The molecule has 1 fully saturated rings. The van der Waals surface area contributed by atoms with Crippen molar-refractivity contribution < 1.29 is 13.2 Å². The maximum absolute atomic E-state index is 12.8. The molecule has 2 atom stereocenters. The number of hydrogen-bond donors (Lipinski definition) is 2. The Kier molecular flexibility index (Phi) is 3.72. The van der Waals surface area contributed by atoms with Crippen LogP contribution in [0.3, 0.4) is 0 Å². The first-order valence-corrected chi connectivity index (χ1v) is 7.06. The number of alkyl halides is 3. The van der Waals surface area contributed by atoms with E-state index in [-0.39, 0.29) is 19.0 Å².